The number of pyridine rings is 1. The third kappa shape index (κ3) is 2.95. The SMILES string of the molecule is C=C(c1cc(SC)nc(SC)c1)c1ccc2c(c1)c(C#N)cn2C. The predicted molar refractivity (Wildman–Crippen MR) is 104 cm³/mol. The maximum atomic E-state index is 9.33. The van der Waals surface area contributed by atoms with Crippen molar-refractivity contribution in [3.05, 3.63) is 59.8 Å². The number of aromatic nitrogens is 2. The molecule has 0 aliphatic carbocycles. The first-order chi connectivity index (χ1) is 11.6. The zero-order chi connectivity index (χ0) is 17.3. The molecule has 1 aromatic carbocycles. The van der Waals surface area contributed by atoms with E-state index in [1.54, 1.807) is 23.5 Å². The van der Waals surface area contributed by atoms with Crippen LogP contribution in [0.15, 0.2) is 53.2 Å². The average molecular weight is 352 g/mol. The van der Waals surface area contributed by atoms with E-state index in [0.717, 1.165) is 37.7 Å². The van der Waals surface area contributed by atoms with Crippen LogP contribution in [0.1, 0.15) is 16.7 Å². The van der Waals surface area contributed by atoms with E-state index in [-0.39, 0.29) is 0 Å². The monoisotopic (exact) mass is 351 g/mol. The van der Waals surface area contributed by atoms with Crippen LogP contribution in [0.4, 0.5) is 0 Å². The molecule has 0 saturated heterocycles. The van der Waals surface area contributed by atoms with Crippen molar-refractivity contribution in [2.75, 3.05) is 12.5 Å². The van der Waals surface area contributed by atoms with Gasteiger partial charge in [0, 0.05) is 24.1 Å². The minimum atomic E-state index is 0.687. The Morgan fingerprint density at radius 3 is 2.38 bits per heavy atom. The highest BCUT2D eigenvalue weighted by molar-refractivity contribution is 7.99. The molecule has 0 aliphatic heterocycles. The molecular formula is C19H17N3S2. The van der Waals surface area contributed by atoms with Crippen LogP contribution in [0, 0.1) is 11.3 Å². The van der Waals surface area contributed by atoms with E-state index in [0.29, 0.717) is 5.56 Å². The van der Waals surface area contributed by atoms with Crippen molar-refractivity contribution in [2.45, 2.75) is 10.1 Å². The zero-order valence-corrected chi connectivity index (χ0v) is 15.5. The van der Waals surface area contributed by atoms with Crippen LogP contribution in [0.3, 0.4) is 0 Å². The highest BCUT2D eigenvalue weighted by Crippen LogP contribution is 2.30. The third-order valence-corrected chi connectivity index (χ3v) is 5.26. The number of benzene rings is 1. The van der Waals surface area contributed by atoms with E-state index in [1.165, 1.54) is 0 Å². The number of fused-ring (bicyclic) bond motifs is 1. The first-order valence-electron chi connectivity index (χ1n) is 7.36. The van der Waals surface area contributed by atoms with Gasteiger partial charge in [-0.05, 0) is 53.5 Å². The molecule has 3 nitrogen and oxygen atoms in total. The number of nitrogens with zero attached hydrogens (tertiary/aromatic N) is 3. The predicted octanol–water partition coefficient (Wildman–Crippen LogP) is 4.95. The minimum Gasteiger partial charge on any atom is -0.349 e. The van der Waals surface area contributed by atoms with Gasteiger partial charge >= 0.3 is 0 Å². The molecular weight excluding hydrogens is 334 g/mol. The van der Waals surface area contributed by atoms with Crippen LogP contribution in [-0.2, 0) is 7.05 Å². The van der Waals surface area contributed by atoms with Gasteiger partial charge in [-0.3, -0.25) is 0 Å². The lowest BCUT2D eigenvalue weighted by atomic mass is 9.98. The molecule has 24 heavy (non-hydrogen) atoms. The molecule has 2 heterocycles. The molecule has 0 bridgehead atoms. The Kier molecular flexibility index (Phi) is 4.70. The Morgan fingerprint density at radius 1 is 1.12 bits per heavy atom. The number of rotatable bonds is 4. The Labute approximate surface area is 150 Å². The van der Waals surface area contributed by atoms with Gasteiger partial charge in [-0.1, -0.05) is 12.6 Å². The molecule has 0 radical (unpaired) electrons. The van der Waals surface area contributed by atoms with E-state index in [9.17, 15) is 5.26 Å². The normalized spacial score (nSPS) is 10.8. The van der Waals surface area contributed by atoms with Gasteiger partial charge in [-0.25, -0.2) is 4.98 Å². The van der Waals surface area contributed by atoms with Crippen molar-refractivity contribution in [1.29, 1.82) is 5.26 Å². The molecule has 3 aromatic rings. The quantitative estimate of drug-likeness (QED) is 0.624. The van der Waals surface area contributed by atoms with Gasteiger partial charge in [0.15, 0.2) is 0 Å². The van der Waals surface area contributed by atoms with Crippen molar-refractivity contribution in [1.82, 2.24) is 9.55 Å². The Balaban J connectivity index is 2.10. The molecule has 0 amide bonds. The van der Waals surface area contributed by atoms with Crippen LogP contribution in [0.5, 0.6) is 0 Å². The summed E-state index contributed by atoms with van der Waals surface area (Å²) in [6.07, 6.45) is 5.91. The third-order valence-electron chi connectivity index (χ3n) is 4.00. The fraction of sp³-hybridized carbons (Fsp3) is 0.158. The summed E-state index contributed by atoms with van der Waals surface area (Å²) >= 11 is 3.25. The van der Waals surface area contributed by atoms with Crippen molar-refractivity contribution in [3.63, 3.8) is 0 Å². The summed E-state index contributed by atoms with van der Waals surface area (Å²) < 4.78 is 1.98. The number of aryl methyl sites for hydroxylation is 1. The van der Waals surface area contributed by atoms with E-state index >= 15 is 0 Å². The molecule has 0 unspecified atom stereocenters. The maximum Gasteiger partial charge on any atom is 0.101 e. The Hall–Kier alpha value is -2.16. The van der Waals surface area contributed by atoms with Gasteiger partial charge in [0.1, 0.15) is 6.07 Å². The molecule has 0 aliphatic rings. The number of hydrogen-bond donors (Lipinski definition) is 0. The van der Waals surface area contributed by atoms with Crippen molar-refractivity contribution in [3.8, 4) is 6.07 Å². The van der Waals surface area contributed by atoms with Crippen LogP contribution < -0.4 is 0 Å². The molecule has 0 saturated carbocycles. The van der Waals surface area contributed by atoms with Gasteiger partial charge in [-0.15, -0.1) is 23.5 Å². The minimum absolute atomic E-state index is 0.687. The van der Waals surface area contributed by atoms with Gasteiger partial charge in [0.05, 0.1) is 15.6 Å². The maximum absolute atomic E-state index is 9.33. The molecule has 3 rings (SSSR count). The highest BCUT2D eigenvalue weighted by atomic mass is 32.2. The van der Waals surface area contributed by atoms with Gasteiger partial charge in [0.2, 0.25) is 0 Å². The largest absolute Gasteiger partial charge is 0.349 e. The first-order valence-corrected chi connectivity index (χ1v) is 9.81. The molecule has 2 aromatic heterocycles. The molecule has 120 valence electrons. The van der Waals surface area contributed by atoms with Crippen LogP contribution in [0.2, 0.25) is 0 Å². The smallest absolute Gasteiger partial charge is 0.101 e. The lowest BCUT2D eigenvalue weighted by Gasteiger charge is -2.10. The van der Waals surface area contributed by atoms with Crippen LogP contribution >= 0.6 is 23.5 Å². The highest BCUT2D eigenvalue weighted by Gasteiger charge is 2.11. The van der Waals surface area contributed by atoms with Crippen molar-refractivity contribution in [2.24, 2.45) is 7.05 Å². The summed E-state index contributed by atoms with van der Waals surface area (Å²) in [6.45, 7) is 4.28. The van der Waals surface area contributed by atoms with Gasteiger partial charge in [-0.2, -0.15) is 5.26 Å². The molecule has 0 fully saturated rings. The lowest BCUT2D eigenvalue weighted by molar-refractivity contribution is 0.967. The second kappa shape index (κ2) is 6.76. The fourth-order valence-corrected chi connectivity index (χ4v) is 3.63. The summed E-state index contributed by atoms with van der Waals surface area (Å²) in [5.41, 5.74) is 4.76. The number of hydrogen-bond acceptors (Lipinski definition) is 4. The first kappa shape index (κ1) is 16.7. The summed E-state index contributed by atoms with van der Waals surface area (Å²) in [5, 5.41) is 12.3. The number of nitriles is 1. The molecule has 0 atom stereocenters. The van der Waals surface area contributed by atoms with Gasteiger partial charge in [0.25, 0.3) is 0 Å². The standard InChI is InChI=1S/C19H17N3S2/c1-12(14-8-18(23-3)21-19(9-14)24-4)13-5-6-17-16(7-13)15(10-20)11-22(17)2/h5-9,11H,1H2,2-4H3. The summed E-state index contributed by atoms with van der Waals surface area (Å²) in [4.78, 5) is 4.57. The Morgan fingerprint density at radius 2 is 1.79 bits per heavy atom. The average Bonchev–Trinajstić information content (AvgIpc) is 2.95. The van der Waals surface area contributed by atoms with Crippen molar-refractivity contribution >= 4 is 40.0 Å². The summed E-state index contributed by atoms with van der Waals surface area (Å²) in [6, 6.07) is 12.5. The molecule has 0 spiro atoms. The Bertz CT molecular complexity index is 958. The van der Waals surface area contributed by atoms with Gasteiger partial charge < -0.3 is 4.57 Å². The van der Waals surface area contributed by atoms with E-state index < -0.39 is 0 Å². The second-order valence-electron chi connectivity index (χ2n) is 5.42. The topological polar surface area (TPSA) is 41.6 Å². The van der Waals surface area contributed by atoms with Crippen molar-refractivity contribution < 1.29 is 0 Å². The second-order valence-corrected chi connectivity index (χ2v) is 7.07. The lowest BCUT2D eigenvalue weighted by Crippen LogP contribution is -1.92. The summed E-state index contributed by atoms with van der Waals surface area (Å²) in [5.74, 6) is 0. The molecule has 0 N–H and O–H groups in total. The zero-order valence-electron chi connectivity index (χ0n) is 13.8. The molecule has 5 heteroatoms. The van der Waals surface area contributed by atoms with Crippen LogP contribution in [-0.4, -0.2) is 22.1 Å². The number of thioether (sulfide) groups is 2. The van der Waals surface area contributed by atoms with E-state index in [2.05, 4.69) is 35.8 Å². The fourth-order valence-electron chi connectivity index (χ4n) is 2.70. The van der Waals surface area contributed by atoms with E-state index in [4.69, 9.17) is 0 Å². The summed E-state index contributed by atoms with van der Waals surface area (Å²) in [7, 11) is 1.95. The van der Waals surface area contributed by atoms with E-state index in [1.807, 2.05) is 42.5 Å². The van der Waals surface area contributed by atoms with Crippen LogP contribution in [0.25, 0.3) is 16.5 Å².